The molecule has 0 saturated carbocycles. The van der Waals surface area contributed by atoms with Crippen LogP contribution in [0.25, 0.3) is 0 Å². The largest absolute Gasteiger partial charge is 0.465 e. The molecular weight excluding hydrogens is 216 g/mol. The van der Waals surface area contributed by atoms with Gasteiger partial charge in [0.2, 0.25) is 5.91 Å². The van der Waals surface area contributed by atoms with Gasteiger partial charge in [0, 0.05) is 13.1 Å². The molecule has 17 heavy (non-hydrogen) atoms. The van der Waals surface area contributed by atoms with Crippen LogP contribution < -0.4 is 5.32 Å². The lowest BCUT2D eigenvalue weighted by atomic mass is 10.2. The van der Waals surface area contributed by atoms with Crippen molar-refractivity contribution < 1.29 is 9.21 Å². The predicted octanol–water partition coefficient (Wildman–Crippen LogP) is 1.93. The minimum absolute atomic E-state index is 0.137. The predicted molar refractivity (Wildman–Crippen MR) is 67.7 cm³/mol. The van der Waals surface area contributed by atoms with Crippen molar-refractivity contribution in [1.82, 2.24) is 10.2 Å². The second-order valence-corrected chi connectivity index (χ2v) is 4.13. The third-order valence-electron chi connectivity index (χ3n) is 2.82. The number of furan rings is 1. The molecule has 0 bridgehead atoms. The van der Waals surface area contributed by atoms with E-state index in [4.69, 9.17) is 4.42 Å². The van der Waals surface area contributed by atoms with Crippen molar-refractivity contribution in [1.29, 1.82) is 0 Å². The number of carbonyl (C=O) groups excluding carboxylic acids is 1. The molecule has 1 aromatic rings. The minimum Gasteiger partial charge on any atom is -0.465 e. The first-order valence-electron chi connectivity index (χ1n) is 6.16. The number of likely N-dealkylation sites (N-methyl/N-ethyl adjacent to an activating group) is 1. The van der Waals surface area contributed by atoms with Gasteiger partial charge in [-0.3, -0.25) is 10.1 Å². The Hall–Kier alpha value is -1.29. The maximum atomic E-state index is 12.0. The fourth-order valence-electron chi connectivity index (χ4n) is 1.73. The minimum atomic E-state index is -0.180. The summed E-state index contributed by atoms with van der Waals surface area (Å²) < 4.78 is 5.44. The van der Waals surface area contributed by atoms with Gasteiger partial charge < -0.3 is 9.32 Å². The number of hydrogen-bond acceptors (Lipinski definition) is 3. The molecule has 0 radical (unpaired) electrons. The van der Waals surface area contributed by atoms with E-state index >= 15 is 0 Å². The molecule has 1 unspecified atom stereocenters. The molecule has 4 nitrogen and oxygen atoms in total. The molecule has 0 spiro atoms. The molecule has 1 aromatic heterocycles. The van der Waals surface area contributed by atoms with E-state index in [0.29, 0.717) is 6.54 Å². The van der Waals surface area contributed by atoms with Crippen LogP contribution >= 0.6 is 0 Å². The highest BCUT2D eigenvalue weighted by atomic mass is 16.3. The molecule has 96 valence electrons. The van der Waals surface area contributed by atoms with Gasteiger partial charge in [0.15, 0.2) is 0 Å². The van der Waals surface area contributed by atoms with Gasteiger partial charge in [0.25, 0.3) is 0 Å². The average Bonchev–Trinajstić information content (AvgIpc) is 2.73. The topological polar surface area (TPSA) is 45.5 Å². The van der Waals surface area contributed by atoms with Crippen LogP contribution in [0.1, 0.15) is 32.3 Å². The Balaban J connectivity index is 2.43. The SMILES string of the molecule is CCN(CC)C(=O)C(C)NCc1ccc(C)o1. The van der Waals surface area contributed by atoms with Crippen molar-refractivity contribution in [2.75, 3.05) is 13.1 Å². The van der Waals surface area contributed by atoms with Gasteiger partial charge in [-0.25, -0.2) is 0 Å². The zero-order valence-corrected chi connectivity index (χ0v) is 11.1. The highest BCUT2D eigenvalue weighted by Gasteiger charge is 2.17. The lowest BCUT2D eigenvalue weighted by molar-refractivity contribution is -0.132. The van der Waals surface area contributed by atoms with Crippen LogP contribution in [0, 0.1) is 6.92 Å². The summed E-state index contributed by atoms with van der Waals surface area (Å²) in [5.74, 6) is 1.89. The smallest absolute Gasteiger partial charge is 0.239 e. The molecule has 0 aliphatic heterocycles. The highest BCUT2D eigenvalue weighted by molar-refractivity contribution is 5.81. The molecule has 0 fully saturated rings. The molecule has 0 aliphatic rings. The van der Waals surface area contributed by atoms with Crippen molar-refractivity contribution in [3.05, 3.63) is 23.7 Å². The molecule has 1 amide bonds. The van der Waals surface area contributed by atoms with Crippen molar-refractivity contribution in [3.63, 3.8) is 0 Å². The van der Waals surface area contributed by atoms with E-state index in [1.807, 2.05) is 44.7 Å². The lowest BCUT2D eigenvalue weighted by Gasteiger charge is -2.23. The molecule has 1 N–H and O–H groups in total. The Bertz CT molecular complexity index is 356. The van der Waals surface area contributed by atoms with Gasteiger partial charge in [-0.15, -0.1) is 0 Å². The van der Waals surface area contributed by atoms with Gasteiger partial charge in [0.1, 0.15) is 11.5 Å². The third-order valence-corrected chi connectivity index (χ3v) is 2.82. The fraction of sp³-hybridized carbons (Fsp3) is 0.615. The zero-order chi connectivity index (χ0) is 12.8. The van der Waals surface area contributed by atoms with E-state index in [-0.39, 0.29) is 11.9 Å². The summed E-state index contributed by atoms with van der Waals surface area (Å²) in [5.41, 5.74) is 0. The molecular formula is C13H22N2O2. The second-order valence-electron chi connectivity index (χ2n) is 4.13. The van der Waals surface area contributed by atoms with Crippen LogP contribution in [0.3, 0.4) is 0 Å². The Labute approximate surface area is 103 Å². The van der Waals surface area contributed by atoms with Crippen molar-refractivity contribution in [2.45, 2.75) is 40.3 Å². The fourth-order valence-corrected chi connectivity index (χ4v) is 1.73. The molecule has 0 aliphatic carbocycles. The lowest BCUT2D eigenvalue weighted by Crippen LogP contribution is -2.44. The van der Waals surface area contributed by atoms with Gasteiger partial charge in [0.05, 0.1) is 12.6 Å². The second kappa shape index (κ2) is 6.45. The first-order valence-corrected chi connectivity index (χ1v) is 6.16. The van der Waals surface area contributed by atoms with E-state index in [0.717, 1.165) is 24.6 Å². The summed E-state index contributed by atoms with van der Waals surface area (Å²) in [5, 5.41) is 3.18. The first-order chi connectivity index (χ1) is 8.08. The normalized spacial score (nSPS) is 12.5. The van der Waals surface area contributed by atoms with Crippen molar-refractivity contribution >= 4 is 5.91 Å². The van der Waals surface area contributed by atoms with Crippen LogP contribution in [-0.2, 0) is 11.3 Å². The average molecular weight is 238 g/mol. The Kier molecular flexibility index (Phi) is 5.22. The summed E-state index contributed by atoms with van der Waals surface area (Å²) in [4.78, 5) is 13.8. The van der Waals surface area contributed by atoms with Gasteiger partial charge in [-0.1, -0.05) is 0 Å². The Morgan fingerprint density at radius 3 is 2.53 bits per heavy atom. The number of carbonyl (C=O) groups is 1. The quantitative estimate of drug-likeness (QED) is 0.823. The van der Waals surface area contributed by atoms with Crippen LogP contribution in [0.5, 0.6) is 0 Å². The van der Waals surface area contributed by atoms with Crippen LogP contribution in [-0.4, -0.2) is 29.9 Å². The van der Waals surface area contributed by atoms with Crippen molar-refractivity contribution in [3.8, 4) is 0 Å². The Morgan fingerprint density at radius 1 is 1.41 bits per heavy atom. The highest BCUT2D eigenvalue weighted by Crippen LogP contribution is 2.06. The number of aryl methyl sites for hydroxylation is 1. The monoisotopic (exact) mass is 238 g/mol. The van der Waals surface area contributed by atoms with Gasteiger partial charge >= 0.3 is 0 Å². The summed E-state index contributed by atoms with van der Waals surface area (Å²) in [6.07, 6.45) is 0. The summed E-state index contributed by atoms with van der Waals surface area (Å²) >= 11 is 0. The Morgan fingerprint density at radius 2 is 2.06 bits per heavy atom. The molecule has 1 atom stereocenters. The standard InChI is InChI=1S/C13H22N2O2/c1-5-15(6-2)13(16)11(4)14-9-12-8-7-10(3)17-12/h7-8,11,14H,5-6,9H2,1-4H3. The van der Waals surface area contributed by atoms with E-state index in [2.05, 4.69) is 5.32 Å². The summed E-state index contributed by atoms with van der Waals surface area (Å²) in [7, 11) is 0. The molecule has 1 rings (SSSR count). The number of rotatable bonds is 6. The number of nitrogens with one attached hydrogen (secondary N) is 1. The maximum absolute atomic E-state index is 12.0. The van der Waals surface area contributed by atoms with Gasteiger partial charge in [-0.2, -0.15) is 0 Å². The number of amides is 1. The van der Waals surface area contributed by atoms with E-state index in [1.165, 1.54) is 0 Å². The summed E-state index contributed by atoms with van der Waals surface area (Å²) in [6.45, 7) is 9.86. The molecule has 1 heterocycles. The van der Waals surface area contributed by atoms with Crippen LogP contribution in [0.2, 0.25) is 0 Å². The maximum Gasteiger partial charge on any atom is 0.239 e. The number of nitrogens with zero attached hydrogens (tertiary/aromatic N) is 1. The van der Waals surface area contributed by atoms with E-state index in [1.54, 1.807) is 0 Å². The zero-order valence-electron chi connectivity index (χ0n) is 11.1. The third kappa shape index (κ3) is 3.89. The van der Waals surface area contributed by atoms with Crippen LogP contribution in [0.15, 0.2) is 16.5 Å². The van der Waals surface area contributed by atoms with E-state index in [9.17, 15) is 4.79 Å². The number of hydrogen-bond donors (Lipinski definition) is 1. The molecule has 0 saturated heterocycles. The van der Waals surface area contributed by atoms with Crippen molar-refractivity contribution in [2.24, 2.45) is 0 Å². The molecule has 4 heteroatoms. The molecule has 0 aromatic carbocycles. The van der Waals surface area contributed by atoms with Crippen LogP contribution in [0.4, 0.5) is 0 Å². The van der Waals surface area contributed by atoms with Gasteiger partial charge in [-0.05, 0) is 39.8 Å². The first kappa shape index (κ1) is 13.8. The van der Waals surface area contributed by atoms with E-state index < -0.39 is 0 Å². The summed E-state index contributed by atoms with van der Waals surface area (Å²) in [6, 6.07) is 3.67.